The zero-order chi connectivity index (χ0) is 29.4. The lowest BCUT2D eigenvalue weighted by Gasteiger charge is -2.40. The van der Waals surface area contributed by atoms with Crippen molar-refractivity contribution < 1.29 is 18.3 Å². The molecule has 1 N–H and O–H groups in total. The minimum absolute atomic E-state index is 0.111. The molecule has 1 aromatic carbocycles. The molecule has 220 valence electrons. The average Bonchev–Trinajstić information content (AvgIpc) is 3.02. The first-order valence-corrected chi connectivity index (χ1v) is 14.2. The van der Waals surface area contributed by atoms with Crippen LogP contribution in [0.5, 0.6) is 11.6 Å². The van der Waals surface area contributed by atoms with Gasteiger partial charge >= 0.3 is 0 Å². The Balaban J connectivity index is 1.38. The molecule has 42 heavy (non-hydrogen) atoms. The van der Waals surface area contributed by atoms with Crippen molar-refractivity contribution in [3.05, 3.63) is 81.9 Å². The van der Waals surface area contributed by atoms with Gasteiger partial charge in [-0.05, 0) is 49.6 Å². The predicted molar refractivity (Wildman–Crippen MR) is 157 cm³/mol. The lowest BCUT2D eigenvalue weighted by molar-refractivity contribution is 0.157. The quantitative estimate of drug-likeness (QED) is 0.322. The number of nitrogens with zero attached hydrogens (tertiary/aromatic N) is 5. The van der Waals surface area contributed by atoms with Gasteiger partial charge in [-0.3, -0.25) is 9.69 Å². The van der Waals surface area contributed by atoms with E-state index in [-0.39, 0.29) is 35.3 Å². The number of rotatable bonds is 8. The third-order valence-electron chi connectivity index (χ3n) is 8.23. The summed E-state index contributed by atoms with van der Waals surface area (Å²) in [6.07, 6.45) is 7.29. The van der Waals surface area contributed by atoms with Gasteiger partial charge in [0.2, 0.25) is 11.7 Å². The van der Waals surface area contributed by atoms with Crippen LogP contribution in [0.2, 0.25) is 0 Å². The average molecular weight is 577 g/mol. The molecule has 1 saturated heterocycles. The molecule has 1 fully saturated rings. The highest BCUT2D eigenvalue weighted by Crippen LogP contribution is 2.36. The van der Waals surface area contributed by atoms with Crippen molar-refractivity contribution >= 4 is 22.4 Å². The molecule has 2 aliphatic heterocycles. The Bertz CT molecular complexity index is 1660. The fourth-order valence-electron chi connectivity index (χ4n) is 6.00. The van der Waals surface area contributed by atoms with E-state index in [0.717, 1.165) is 49.1 Å². The summed E-state index contributed by atoms with van der Waals surface area (Å²) in [5.74, 6) is -1.03. The van der Waals surface area contributed by atoms with Crippen LogP contribution in [-0.2, 0) is 13.1 Å². The molecule has 0 bridgehead atoms. The minimum Gasteiger partial charge on any atom is -0.486 e. The number of ether oxygens (including phenoxy) is 2. The van der Waals surface area contributed by atoms with Crippen LogP contribution in [0.1, 0.15) is 36.9 Å². The maximum Gasteiger partial charge on any atom is 0.213 e. The number of hydrogen-bond acceptors (Lipinski definition) is 8. The van der Waals surface area contributed by atoms with Gasteiger partial charge in [0.05, 0.1) is 35.9 Å². The van der Waals surface area contributed by atoms with Crippen molar-refractivity contribution in [3.63, 3.8) is 0 Å². The number of methoxy groups -OCH3 is 1. The molecule has 9 nitrogen and oxygen atoms in total. The van der Waals surface area contributed by atoms with Crippen LogP contribution in [-0.4, -0.2) is 59.3 Å². The molecule has 4 aromatic rings. The van der Waals surface area contributed by atoms with E-state index >= 15 is 0 Å². The molecule has 6 rings (SSSR count). The van der Waals surface area contributed by atoms with Gasteiger partial charge in [0.15, 0.2) is 17.0 Å². The highest BCUT2D eigenvalue weighted by molar-refractivity contribution is 5.86. The standard InChI is InChI=1S/C31H34F2N6O3/c1-19-18-42-31-28(33)25(32)12-24-29(31)39(19)16-21(30(24)40)15-38(14-20-8-9-35-27(11-20)41-3)23-5-4-10-37(17-23)22-6-7-26(34-2)36-13-22/h6-9,11-13,16,19,23H,4-5,10,14-15,17-18H2,1-3H3,(H,34,36)/t19?,23-/m0/s1. The van der Waals surface area contributed by atoms with Gasteiger partial charge in [0.25, 0.3) is 0 Å². The Labute approximate surface area is 242 Å². The Kier molecular flexibility index (Phi) is 7.68. The minimum atomic E-state index is -1.09. The summed E-state index contributed by atoms with van der Waals surface area (Å²) in [4.78, 5) is 27.2. The normalized spacial score (nSPS) is 18.3. The smallest absolute Gasteiger partial charge is 0.213 e. The van der Waals surface area contributed by atoms with Crippen LogP contribution in [0.3, 0.4) is 0 Å². The van der Waals surface area contributed by atoms with Gasteiger partial charge in [0, 0.05) is 63.3 Å². The van der Waals surface area contributed by atoms with Crippen LogP contribution < -0.4 is 25.1 Å². The fourth-order valence-corrected chi connectivity index (χ4v) is 6.00. The van der Waals surface area contributed by atoms with E-state index in [1.54, 1.807) is 19.5 Å². The number of benzene rings is 1. The van der Waals surface area contributed by atoms with Gasteiger partial charge in [-0.1, -0.05) is 0 Å². The Hall–Kier alpha value is -4.25. The van der Waals surface area contributed by atoms with E-state index in [9.17, 15) is 13.6 Å². The van der Waals surface area contributed by atoms with Gasteiger partial charge in [-0.15, -0.1) is 0 Å². The Morgan fingerprint density at radius 3 is 2.81 bits per heavy atom. The predicted octanol–water partition coefficient (Wildman–Crippen LogP) is 4.74. The second-order valence-corrected chi connectivity index (χ2v) is 11.0. The number of piperidine rings is 1. The Morgan fingerprint density at radius 2 is 2.05 bits per heavy atom. The van der Waals surface area contributed by atoms with Crippen molar-refractivity contribution in [1.82, 2.24) is 19.4 Å². The first-order valence-electron chi connectivity index (χ1n) is 14.2. The summed E-state index contributed by atoms with van der Waals surface area (Å²) in [7, 11) is 3.42. The second kappa shape index (κ2) is 11.6. The molecule has 11 heteroatoms. The summed E-state index contributed by atoms with van der Waals surface area (Å²) in [6, 6.07) is 8.82. The van der Waals surface area contributed by atoms with E-state index < -0.39 is 11.6 Å². The summed E-state index contributed by atoms with van der Waals surface area (Å²) >= 11 is 0. The zero-order valence-electron chi connectivity index (χ0n) is 23.9. The molecule has 0 spiro atoms. The Morgan fingerprint density at radius 1 is 1.19 bits per heavy atom. The second-order valence-electron chi connectivity index (χ2n) is 11.0. The van der Waals surface area contributed by atoms with E-state index in [1.807, 2.05) is 42.9 Å². The van der Waals surface area contributed by atoms with Gasteiger partial charge in [-0.25, -0.2) is 14.4 Å². The van der Waals surface area contributed by atoms with E-state index in [2.05, 4.69) is 31.2 Å². The lowest BCUT2D eigenvalue weighted by atomic mass is 10.0. The number of halogens is 2. The molecule has 1 unspecified atom stereocenters. The highest BCUT2D eigenvalue weighted by Gasteiger charge is 2.30. The van der Waals surface area contributed by atoms with Crippen LogP contribution >= 0.6 is 0 Å². The summed E-state index contributed by atoms with van der Waals surface area (Å²) in [5, 5.41) is 3.18. The number of pyridine rings is 3. The zero-order valence-corrected chi connectivity index (χ0v) is 23.9. The molecule has 0 amide bonds. The molecule has 0 saturated carbocycles. The third kappa shape index (κ3) is 5.24. The topological polar surface area (TPSA) is 84.8 Å². The van der Waals surface area contributed by atoms with Crippen LogP contribution in [0.4, 0.5) is 20.3 Å². The number of nitrogens with one attached hydrogen (secondary N) is 1. The third-order valence-corrected chi connectivity index (χ3v) is 8.23. The van der Waals surface area contributed by atoms with E-state index in [1.165, 1.54) is 0 Å². The maximum absolute atomic E-state index is 14.6. The van der Waals surface area contributed by atoms with Gasteiger partial charge in [-0.2, -0.15) is 4.39 Å². The van der Waals surface area contributed by atoms with Crippen molar-refractivity contribution in [2.75, 3.05) is 44.1 Å². The number of anilines is 2. The van der Waals surface area contributed by atoms with Gasteiger partial charge < -0.3 is 24.3 Å². The van der Waals surface area contributed by atoms with E-state index in [0.29, 0.717) is 30.0 Å². The van der Waals surface area contributed by atoms with Gasteiger partial charge in [0.1, 0.15) is 12.4 Å². The number of hydrogen-bond donors (Lipinski definition) is 1. The first kappa shape index (κ1) is 27.9. The maximum atomic E-state index is 14.6. The SMILES string of the molecule is CNc1ccc(N2CCC[C@H](N(Cc3ccnc(OC)c3)Cc3cn4c5c(c(F)c(F)cc5c3=O)OCC4C)C2)cn1. The summed E-state index contributed by atoms with van der Waals surface area (Å²) in [6.45, 7) is 4.65. The molecule has 2 aliphatic rings. The van der Waals surface area contributed by atoms with Crippen molar-refractivity contribution in [1.29, 1.82) is 0 Å². The summed E-state index contributed by atoms with van der Waals surface area (Å²) < 4.78 is 42.0. The molecule has 2 atom stereocenters. The van der Waals surface area contributed by atoms with Crippen LogP contribution in [0, 0.1) is 11.6 Å². The summed E-state index contributed by atoms with van der Waals surface area (Å²) in [5.41, 5.74) is 2.53. The first-order chi connectivity index (χ1) is 20.4. The lowest BCUT2D eigenvalue weighted by Crippen LogP contribution is -2.48. The van der Waals surface area contributed by atoms with Crippen LogP contribution in [0.15, 0.2) is 53.7 Å². The largest absolute Gasteiger partial charge is 0.486 e. The highest BCUT2D eigenvalue weighted by atomic mass is 19.2. The molecule has 0 radical (unpaired) electrons. The molecular weight excluding hydrogens is 542 g/mol. The fraction of sp³-hybridized carbons (Fsp3) is 0.387. The van der Waals surface area contributed by atoms with Crippen LogP contribution in [0.25, 0.3) is 10.9 Å². The number of aromatic nitrogens is 3. The molecule has 0 aliphatic carbocycles. The molecule has 5 heterocycles. The molecule has 3 aromatic heterocycles. The monoisotopic (exact) mass is 576 g/mol. The van der Waals surface area contributed by atoms with Crippen molar-refractivity contribution in [2.45, 2.75) is 44.9 Å². The van der Waals surface area contributed by atoms with Crippen molar-refractivity contribution in [3.8, 4) is 11.6 Å². The molecular formula is C31H34F2N6O3. The van der Waals surface area contributed by atoms with E-state index in [4.69, 9.17) is 9.47 Å². The van der Waals surface area contributed by atoms with Crippen molar-refractivity contribution in [2.24, 2.45) is 0 Å².